The van der Waals surface area contributed by atoms with Crippen LogP contribution in [-0.4, -0.2) is 18.0 Å². The highest BCUT2D eigenvalue weighted by Gasteiger charge is 2.18. The molecule has 2 aromatic carbocycles. The summed E-state index contributed by atoms with van der Waals surface area (Å²) < 4.78 is 16.6. The van der Waals surface area contributed by atoms with Crippen molar-refractivity contribution >= 4 is 16.9 Å². The highest BCUT2D eigenvalue weighted by atomic mass is 16.5. The van der Waals surface area contributed by atoms with Gasteiger partial charge in [-0.3, -0.25) is 4.79 Å². The lowest BCUT2D eigenvalue weighted by Crippen LogP contribution is -2.23. The van der Waals surface area contributed by atoms with Crippen molar-refractivity contribution in [1.82, 2.24) is 10.3 Å². The van der Waals surface area contributed by atoms with E-state index in [1.165, 1.54) is 0 Å². The van der Waals surface area contributed by atoms with Gasteiger partial charge in [0.25, 0.3) is 5.91 Å². The van der Waals surface area contributed by atoms with E-state index in [4.69, 9.17) is 13.6 Å². The summed E-state index contributed by atoms with van der Waals surface area (Å²) in [5, 5.41) is 3.64. The minimum absolute atomic E-state index is 0.172. The van der Waals surface area contributed by atoms with Gasteiger partial charge in [-0.05, 0) is 25.1 Å². The van der Waals surface area contributed by atoms with Gasteiger partial charge in [-0.1, -0.05) is 30.3 Å². The Kier molecular flexibility index (Phi) is 4.38. The summed E-state index contributed by atoms with van der Waals surface area (Å²) in [5.74, 6) is 1.76. The molecule has 0 aliphatic rings. The first kappa shape index (κ1) is 16.9. The molecule has 0 spiro atoms. The van der Waals surface area contributed by atoms with Crippen LogP contribution in [0.4, 0.5) is 0 Å². The van der Waals surface area contributed by atoms with E-state index in [1.54, 1.807) is 25.4 Å². The smallest absolute Gasteiger partial charge is 0.287 e. The largest absolute Gasteiger partial charge is 0.497 e. The van der Waals surface area contributed by atoms with Crippen LogP contribution < -0.4 is 10.1 Å². The number of oxazole rings is 1. The normalized spacial score (nSPS) is 10.9. The number of nitrogens with zero attached hydrogens (tertiary/aromatic N) is 1. The minimum Gasteiger partial charge on any atom is -0.497 e. The number of amides is 1. The van der Waals surface area contributed by atoms with Gasteiger partial charge < -0.3 is 18.9 Å². The maximum atomic E-state index is 12.5. The Balaban J connectivity index is 1.49. The van der Waals surface area contributed by atoms with E-state index in [0.29, 0.717) is 23.0 Å². The molecule has 6 heteroatoms. The molecule has 27 heavy (non-hydrogen) atoms. The molecule has 0 atom stereocenters. The summed E-state index contributed by atoms with van der Waals surface area (Å²) >= 11 is 0. The lowest BCUT2D eigenvalue weighted by Gasteiger charge is -2.01. The van der Waals surface area contributed by atoms with Crippen LogP contribution in [-0.2, 0) is 6.54 Å². The fourth-order valence-electron chi connectivity index (χ4n) is 2.91. The summed E-state index contributed by atoms with van der Waals surface area (Å²) in [7, 11) is 1.60. The van der Waals surface area contributed by atoms with Gasteiger partial charge in [-0.25, -0.2) is 4.98 Å². The van der Waals surface area contributed by atoms with Gasteiger partial charge in [0.2, 0.25) is 5.89 Å². The van der Waals surface area contributed by atoms with Crippen LogP contribution >= 0.6 is 0 Å². The molecule has 0 fully saturated rings. The number of rotatable bonds is 5. The molecular formula is C21H18N2O4. The number of furan rings is 1. The highest BCUT2D eigenvalue weighted by molar-refractivity contribution is 5.99. The Morgan fingerprint density at radius 2 is 1.96 bits per heavy atom. The molecule has 1 N–H and O–H groups in total. The Bertz CT molecular complexity index is 1100. The molecule has 2 heterocycles. The molecule has 0 saturated heterocycles. The van der Waals surface area contributed by atoms with Crippen LogP contribution in [0.1, 0.15) is 22.0 Å². The lowest BCUT2D eigenvalue weighted by atomic mass is 10.1. The van der Waals surface area contributed by atoms with Gasteiger partial charge in [-0.15, -0.1) is 0 Å². The number of ether oxygens (including phenoxy) is 1. The predicted molar refractivity (Wildman–Crippen MR) is 101 cm³/mol. The van der Waals surface area contributed by atoms with Crippen LogP contribution in [0.15, 0.2) is 63.6 Å². The Morgan fingerprint density at radius 1 is 1.15 bits per heavy atom. The molecule has 0 bridgehead atoms. The zero-order valence-electron chi connectivity index (χ0n) is 15.0. The van der Waals surface area contributed by atoms with E-state index in [0.717, 1.165) is 16.5 Å². The molecule has 1 amide bonds. The fraction of sp³-hybridized carbons (Fsp3) is 0.143. The first-order valence-electron chi connectivity index (χ1n) is 8.51. The second-order valence-electron chi connectivity index (χ2n) is 6.09. The summed E-state index contributed by atoms with van der Waals surface area (Å²) in [5.41, 5.74) is 2.34. The monoisotopic (exact) mass is 362 g/mol. The Labute approximate surface area is 155 Å². The summed E-state index contributed by atoms with van der Waals surface area (Å²) in [6.45, 7) is 2.02. The van der Waals surface area contributed by atoms with E-state index in [9.17, 15) is 4.79 Å². The van der Waals surface area contributed by atoms with Crippen molar-refractivity contribution in [1.29, 1.82) is 0 Å². The Morgan fingerprint density at radius 3 is 2.74 bits per heavy atom. The van der Waals surface area contributed by atoms with Crippen LogP contribution in [0, 0.1) is 6.92 Å². The molecule has 4 aromatic rings. The molecule has 0 aliphatic heterocycles. The SMILES string of the molecule is COc1ccc2oc(C(=O)NCc3ncc(-c4ccccc4)o3)c(C)c2c1. The number of hydrogen-bond acceptors (Lipinski definition) is 5. The molecule has 0 radical (unpaired) electrons. The van der Waals surface area contributed by atoms with E-state index < -0.39 is 0 Å². The number of carbonyl (C=O) groups is 1. The molecule has 0 saturated carbocycles. The fourth-order valence-corrected chi connectivity index (χ4v) is 2.91. The third kappa shape index (κ3) is 3.29. The van der Waals surface area contributed by atoms with Gasteiger partial charge in [0, 0.05) is 16.5 Å². The Hall–Kier alpha value is -3.54. The second-order valence-corrected chi connectivity index (χ2v) is 6.09. The van der Waals surface area contributed by atoms with E-state index >= 15 is 0 Å². The highest BCUT2D eigenvalue weighted by Crippen LogP contribution is 2.28. The number of hydrogen-bond donors (Lipinski definition) is 1. The number of aryl methyl sites for hydroxylation is 1. The van der Waals surface area contributed by atoms with Gasteiger partial charge >= 0.3 is 0 Å². The summed E-state index contributed by atoms with van der Waals surface area (Å²) in [4.78, 5) is 16.8. The van der Waals surface area contributed by atoms with Crippen LogP contribution in [0.2, 0.25) is 0 Å². The quantitative estimate of drug-likeness (QED) is 0.572. The molecule has 0 aliphatic carbocycles. The second kappa shape index (κ2) is 6.99. The van der Waals surface area contributed by atoms with Crippen molar-refractivity contribution in [2.24, 2.45) is 0 Å². The van der Waals surface area contributed by atoms with Gasteiger partial charge in [0.05, 0.1) is 19.9 Å². The first-order chi connectivity index (χ1) is 13.2. The molecule has 136 valence electrons. The topological polar surface area (TPSA) is 77.5 Å². The van der Waals surface area contributed by atoms with E-state index in [2.05, 4.69) is 10.3 Å². The summed E-state index contributed by atoms with van der Waals surface area (Å²) in [6.07, 6.45) is 1.65. The van der Waals surface area contributed by atoms with Crippen molar-refractivity contribution in [2.45, 2.75) is 13.5 Å². The number of carbonyl (C=O) groups excluding carboxylic acids is 1. The third-order valence-electron chi connectivity index (χ3n) is 4.36. The van der Waals surface area contributed by atoms with Crippen LogP contribution in [0.3, 0.4) is 0 Å². The molecule has 0 unspecified atom stereocenters. The summed E-state index contributed by atoms with van der Waals surface area (Å²) in [6, 6.07) is 15.1. The molecule has 6 nitrogen and oxygen atoms in total. The zero-order valence-corrected chi connectivity index (χ0v) is 15.0. The maximum Gasteiger partial charge on any atom is 0.287 e. The van der Waals surface area contributed by atoms with Crippen molar-refractivity contribution < 1.29 is 18.4 Å². The van der Waals surface area contributed by atoms with Crippen molar-refractivity contribution in [3.05, 3.63) is 71.9 Å². The van der Waals surface area contributed by atoms with E-state index in [1.807, 2.05) is 43.3 Å². The van der Waals surface area contributed by atoms with Crippen LogP contribution in [0.25, 0.3) is 22.3 Å². The van der Waals surface area contributed by atoms with Crippen molar-refractivity contribution in [3.8, 4) is 17.1 Å². The number of nitrogens with one attached hydrogen (secondary N) is 1. The zero-order chi connectivity index (χ0) is 18.8. The van der Waals surface area contributed by atoms with Gasteiger partial charge in [0.1, 0.15) is 11.3 Å². The molecular weight excluding hydrogens is 344 g/mol. The number of methoxy groups -OCH3 is 1. The molecule has 4 rings (SSSR count). The maximum absolute atomic E-state index is 12.5. The minimum atomic E-state index is -0.317. The number of fused-ring (bicyclic) bond motifs is 1. The number of aromatic nitrogens is 1. The molecule has 2 aromatic heterocycles. The standard InChI is InChI=1S/C21H18N2O4/c1-13-16-10-15(25-2)8-9-17(16)27-20(13)21(24)23-12-19-22-11-18(26-19)14-6-4-3-5-7-14/h3-11H,12H2,1-2H3,(H,23,24). The van der Waals surface area contributed by atoms with Crippen molar-refractivity contribution in [3.63, 3.8) is 0 Å². The third-order valence-corrected chi connectivity index (χ3v) is 4.36. The van der Waals surface area contributed by atoms with Crippen molar-refractivity contribution in [2.75, 3.05) is 7.11 Å². The first-order valence-corrected chi connectivity index (χ1v) is 8.51. The lowest BCUT2D eigenvalue weighted by molar-refractivity contribution is 0.0921. The van der Waals surface area contributed by atoms with Crippen LogP contribution in [0.5, 0.6) is 5.75 Å². The van der Waals surface area contributed by atoms with E-state index in [-0.39, 0.29) is 18.2 Å². The predicted octanol–water partition coefficient (Wildman–Crippen LogP) is 4.33. The number of benzene rings is 2. The van der Waals surface area contributed by atoms with Gasteiger partial charge in [-0.2, -0.15) is 0 Å². The van der Waals surface area contributed by atoms with Gasteiger partial charge in [0.15, 0.2) is 11.5 Å². The average Bonchev–Trinajstić information content (AvgIpc) is 3.31. The average molecular weight is 362 g/mol.